The summed E-state index contributed by atoms with van der Waals surface area (Å²) in [5, 5.41) is 18.3. The maximum absolute atomic E-state index is 11.1. The number of aryl methyl sites for hydroxylation is 3. The van der Waals surface area contributed by atoms with E-state index in [4.69, 9.17) is 4.42 Å². The second-order valence-corrected chi connectivity index (χ2v) is 4.31. The molecule has 2 rings (SSSR count). The fourth-order valence-corrected chi connectivity index (χ4v) is 1.95. The van der Waals surface area contributed by atoms with Crippen LogP contribution in [-0.4, -0.2) is 19.7 Å². The number of hydrogen-bond acceptors (Lipinski definition) is 6. The Labute approximate surface area is 116 Å². The Balaban J connectivity index is 2.20. The first kappa shape index (κ1) is 14.0. The highest BCUT2D eigenvalue weighted by Gasteiger charge is 2.25. The molecule has 8 nitrogen and oxygen atoms in total. The van der Waals surface area contributed by atoms with Crippen LogP contribution in [-0.2, 0) is 26.4 Å². The fourth-order valence-electron chi connectivity index (χ4n) is 1.95. The molecule has 0 unspecified atom stereocenters. The molecule has 0 aliphatic carbocycles. The number of rotatable bonds is 6. The molecule has 0 spiro atoms. The summed E-state index contributed by atoms with van der Waals surface area (Å²) >= 11 is 0. The average molecular weight is 279 g/mol. The Bertz CT molecular complexity index is 617. The van der Waals surface area contributed by atoms with Crippen molar-refractivity contribution in [3.63, 3.8) is 0 Å². The molecule has 2 aromatic heterocycles. The maximum Gasteiger partial charge on any atom is 0.333 e. The molecule has 2 aromatic rings. The van der Waals surface area contributed by atoms with E-state index in [-0.39, 0.29) is 12.2 Å². The fraction of sp³-hybridized carbons (Fsp3) is 0.500. The molecular formula is C12H17N5O3. The molecule has 0 amide bonds. The van der Waals surface area contributed by atoms with E-state index in [0.717, 1.165) is 12.2 Å². The van der Waals surface area contributed by atoms with E-state index in [0.29, 0.717) is 23.8 Å². The molecule has 0 bridgehead atoms. The van der Waals surface area contributed by atoms with Crippen LogP contribution in [0.1, 0.15) is 31.2 Å². The number of nitro groups is 1. The Hall–Kier alpha value is -2.38. The summed E-state index contributed by atoms with van der Waals surface area (Å²) in [6.07, 6.45) is 2.93. The minimum atomic E-state index is -0.415. The van der Waals surface area contributed by atoms with E-state index in [1.165, 1.54) is 4.68 Å². The molecule has 0 aliphatic rings. The molecule has 1 N–H and O–H groups in total. The summed E-state index contributed by atoms with van der Waals surface area (Å²) in [7, 11) is 1.67. The zero-order valence-corrected chi connectivity index (χ0v) is 11.7. The molecule has 0 fully saturated rings. The number of aromatic nitrogens is 3. The van der Waals surface area contributed by atoms with Crippen LogP contribution in [0.3, 0.4) is 0 Å². The highest BCUT2D eigenvalue weighted by molar-refractivity contribution is 5.59. The lowest BCUT2D eigenvalue weighted by atomic mass is 10.3. The maximum atomic E-state index is 11.1. The van der Waals surface area contributed by atoms with Gasteiger partial charge in [-0.3, -0.25) is 10.1 Å². The minimum absolute atomic E-state index is 0.0114. The quantitative estimate of drug-likeness (QED) is 0.641. The number of oxazole rings is 1. The summed E-state index contributed by atoms with van der Waals surface area (Å²) < 4.78 is 6.93. The van der Waals surface area contributed by atoms with Gasteiger partial charge in [0.15, 0.2) is 0 Å². The normalized spacial score (nSPS) is 10.8. The molecule has 0 aliphatic heterocycles. The Morgan fingerprint density at radius 1 is 1.45 bits per heavy atom. The molecule has 0 aromatic carbocycles. The van der Waals surface area contributed by atoms with Gasteiger partial charge in [-0.15, -0.1) is 0 Å². The third-order valence-electron chi connectivity index (χ3n) is 2.97. The number of anilines is 1. The smallest absolute Gasteiger partial charge is 0.333 e. The monoisotopic (exact) mass is 279 g/mol. The van der Waals surface area contributed by atoms with Crippen molar-refractivity contribution in [1.29, 1.82) is 0 Å². The van der Waals surface area contributed by atoms with Crippen LogP contribution in [0.25, 0.3) is 0 Å². The second-order valence-electron chi connectivity index (χ2n) is 4.31. The zero-order valence-electron chi connectivity index (χ0n) is 11.7. The molecule has 20 heavy (non-hydrogen) atoms. The van der Waals surface area contributed by atoms with Crippen LogP contribution in [0, 0.1) is 10.1 Å². The molecule has 8 heteroatoms. The summed E-state index contributed by atoms with van der Waals surface area (Å²) in [6, 6.07) is 0. The van der Waals surface area contributed by atoms with Gasteiger partial charge in [-0.1, -0.05) is 13.8 Å². The lowest BCUT2D eigenvalue weighted by Crippen LogP contribution is -2.06. The molecule has 2 heterocycles. The first-order valence-electron chi connectivity index (χ1n) is 6.44. The first-order valence-corrected chi connectivity index (χ1v) is 6.44. The summed E-state index contributed by atoms with van der Waals surface area (Å²) in [5.74, 6) is 1.65. The second kappa shape index (κ2) is 5.72. The predicted octanol–water partition coefficient (Wildman–Crippen LogP) is 2.05. The van der Waals surface area contributed by atoms with Crippen molar-refractivity contribution in [3.05, 3.63) is 33.7 Å². The highest BCUT2D eigenvalue weighted by Crippen LogP contribution is 2.28. The predicted molar refractivity (Wildman–Crippen MR) is 72.4 cm³/mol. The zero-order chi connectivity index (χ0) is 14.7. The summed E-state index contributed by atoms with van der Waals surface area (Å²) in [4.78, 5) is 14.8. The van der Waals surface area contributed by atoms with Crippen molar-refractivity contribution in [3.8, 4) is 0 Å². The van der Waals surface area contributed by atoms with Crippen molar-refractivity contribution in [2.75, 3.05) is 5.32 Å². The van der Waals surface area contributed by atoms with Crippen molar-refractivity contribution in [2.45, 2.75) is 33.2 Å². The van der Waals surface area contributed by atoms with Crippen molar-refractivity contribution >= 4 is 11.5 Å². The average Bonchev–Trinajstić information content (AvgIpc) is 3.00. The Kier molecular flexibility index (Phi) is 4.02. The standard InChI is InChI=1S/C12H17N5O3/c1-4-8-6-13-10(20-8)7-14-12-11(17(18)19)9(5-2)15-16(12)3/h6,14H,4-5,7H2,1-3H3. The summed E-state index contributed by atoms with van der Waals surface area (Å²) in [5.41, 5.74) is 0.471. The van der Waals surface area contributed by atoms with Crippen molar-refractivity contribution < 1.29 is 9.34 Å². The minimum Gasteiger partial charge on any atom is -0.444 e. The first-order chi connectivity index (χ1) is 9.56. The number of nitrogens with one attached hydrogen (secondary N) is 1. The lowest BCUT2D eigenvalue weighted by molar-refractivity contribution is -0.384. The van der Waals surface area contributed by atoms with Gasteiger partial charge in [0.05, 0.1) is 17.7 Å². The van der Waals surface area contributed by atoms with Crippen LogP contribution in [0.2, 0.25) is 0 Å². The summed E-state index contributed by atoms with van der Waals surface area (Å²) in [6.45, 7) is 4.08. The van der Waals surface area contributed by atoms with Gasteiger partial charge >= 0.3 is 5.69 Å². The topological polar surface area (TPSA) is 99.0 Å². The van der Waals surface area contributed by atoms with Gasteiger partial charge in [0.1, 0.15) is 11.5 Å². The van der Waals surface area contributed by atoms with E-state index < -0.39 is 4.92 Å². The van der Waals surface area contributed by atoms with Crippen LogP contribution in [0.5, 0.6) is 0 Å². The van der Waals surface area contributed by atoms with Crippen LogP contribution in [0.15, 0.2) is 10.6 Å². The van der Waals surface area contributed by atoms with Gasteiger partial charge in [0, 0.05) is 13.5 Å². The highest BCUT2D eigenvalue weighted by atomic mass is 16.6. The van der Waals surface area contributed by atoms with Crippen LogP contribution in [0.4, 0.5) is 11.5 Å². The van der Waals surface area contributed by atoms with Gasteiger partial charge in [-0.2, -0.15) is 5.10 Å². The van der Waals surface area contributed by atoms with Crippen LogP contribution < -0.4 is 5.32 Å². The van der Waals surface area contributed by atoms with Crippen molar-refractivity contribution in [1.82, 2.24) is 14.8 Å². The van der Waals surface area contributed by atoms with Gasteiger partial charge in [-0.25, -0.2) is 9.67 Å². The van der Waals surface area contributed by atoms with Crippen LogP contribution >= 0.6 is 0 Å². The van der Waals surface area contributed by atoms with E-state index >= 15 is 0 Å². The van der Waals surface area contributed by atoms with E-state index in [1.807, 2.05) is 13.8 Å². The third kappa shape index (κ3) is 2.63. The largest absolute Gasteiger partial charge is 0.444 e. The van der Waals surface area contributed by atoms with E-state index in [9.17, 15) is 10.1 Å². The van der Waals surface area contributed by atoms with Gasteiger partial charge < -0.3 is 9.73 Å². The molecule has 0 saturated heterocycles. The van der Waals surface area contributed by atoms with Gasteiger partial charge in [-0.05, 0) is 6.42 Å². The van der Waals surface area contributed by atoms with Crippen molar-refractivity contribution in [2.24, 2.45) is 7.05 Å². The van der Waals surface area contributed by atoms with Gasteiger partial charge in [0.25, 0.3) is 0 Å². The van der Waals surface area contributed by atoms with E-state index in [1.54, 1.807) is 13.2 Å². The third-order valence-corrected chi connectivity index (χ3v) is 2.97. The molecule has 0 saturated carbocycles. The molecular weight excluding hydrogens is 262 g/mol. The SMILES string of the molecule is CCc1cnc(CNc2c([N+](=O)[O-])c(CC)nn2C)o1. The Morgan fingerprint density at radius 3 is 2.75 bits per heavy atom. The molecule has 0 atom stereocenters. The molecule has 0 radical (unpaired) electrons. The van der Waals surface area contributed by atoms with E-state index in [2.05, 4.69) is 15.4 Å². The van der Waals surface area contributed by atoms with Gasteiger partial charge in [0.2, 0.25) is 11.7 Å². The number of hydrogen-bond donors (Lipinski definition) is 1. The lowest BCUT2D eigenvalue weighted by Gasteiger charge is -2.03. The molecule has 108 valence electrons. The number of nitrogens with zero attached hydrogens (tertiary/aromatic N) is 4. The Morgan fingerprint density at radius 2 is 2.20 bits per heavy atom.